The zero-order valence-electron chi connectivity index (χ0n) is 13.1. The number of hydrogen-bond donors (Lipinski definition) is 1. The van der Waals surface area contributed by atoms with Gasteiger partial charge in [0.15, 0.2) is 0 Å². The van der Waals surface area contributed by atoms with Crippen molar-refractivity contribution in [2.45, 2.75) is 26.2 Å². The van der Waals surface area contributed by atoms with Gasteiger partial charge in [-0.05, 0) is 36.0 Å². The van der Waals surface area contributed by atoms with Gasteiger partial charge in [0.1, 0.15) is 5.75 Å². The molecule has 0 aromatic heterocycles. The van der Waals surface area contributed by atoms with E-state index >= 15 is 0 Å². The monoisotopic (exact) mass is 291 g/mol. The topological polar surface area (TPSA) is 49.8 Å². The van der Waals surface area contributed by atoms with Crippen molar-refractivity contribution in [3.8, 4) is 5.75 Å². The van der Waals surface area contributed by atoms with Crippen LogP contribution in [-0.2, 0) is 4.79 Å². The number of hydrogen-bond acceptors (Lipinski definition) is 3. The molecule has 4 nitrogen and oxygen atoms in total. The fourth-order valence-electron chi connectivity index (χ4n) is 3.21. The number of nitrogens with zero attached hydrogens (tertiary/aromatic N) is 1. The summed E-state index contributed by atoms with van der Waals surface area (Å²) in [6.07, 6.45) is 0.794. The molecule has 1 aromatic rings. The molecule has 0 amide bonds. The second-order valence-corrected chi connectivity index (χ2v) is 6.27. The van der Waals surface area contributed by atoms with E-state index in [0.29, 0.717) is 18.4 Å². The molecular weight excluding hydrogens is 266 g/mol. The normalized spacial score (nSPS) is 24.5. The Kier molecular flexibility index (Phi) is 5.23. The smallest absolute Gasteiger partial charge is 0.307 e. The van der Waals surface area contributed by atoms with Crippen molar-refractivity contribution in [2.24, 2.45) is 11.8 Å². The minimum atomic E-state index is -0.663. The Morgan fingerprint density at radius 2 is 2.05 bits per heavy atom. The van der Waals surface area contributed by atoms with Crippen LogP contribution in [-0.4, -0.2) is 42.7 Å². The van der Waals surface area contributed by atoms with Gasteiger partial charge in [-0.1, -0.05) is 26.0 Å². The van der Waals surface area contributed by atoms with Gasteiger partial charge in [-0.15, -0.1) is 0 Å². The second-order valence-electron chi connectivity index (χ2n) is 6.27. The summed E-state index contributed by atoms with van der Waals surface area (Å²) >= 11 is 0. The van der Waals surface area contributed by atoms with Crippen LogP contribution in [0.3, 0.4) is 0 Å². The third-order valence-corrected chi connectivity index (χ3v) is 4.30. The lowest BCUT2D eigenvalue weighted by Crippen LogP contribution is -2.43. The first-order chi connectivity index (χ1) is 9.99. The van der Waals surface area contributed by atoms with E-state index in [0.717, 1.165) is 25.3 Å². The Bertz CT molecular complexity index is 471. The number of benzene rings is 1. The third-order valence-electron chi connectivity index (χ3n) is 4.30. The predicted octanol–water partition coefficient (Wildman–Crippen LogP) is 2.84. The number of methoxy groups -OCH3 is 1. The van der Waals surface area contributed by atoms with Crippen LogP contribution < -0.4 is 4.74 Å². The van der Waals surface area contributed by atoms with E-state index in [1.165, 1.54) is 5.56 Å². The number of likely N-dealkylation sites (tertiary alicyclic amines) is 1. The van der Waals surface area contributed by atoms with Crippen LogP contribution in [0.2, 0.25) is 0 Å². The zero-order valence-corrected chi connectivity index (χ0v) is 13.1. The van der Waals surface area contributed by atoms with Crippen LogP contribution in [0.1, 0.15) is 31.7 Å². The van der Waals surface area contributed by atoms with Gasteiger partial charge in [0.2, 0.25) is 0 Å². The van der Waals surface area contributed by atoms with Gasteiger partial charge in [-0.25, -0.2) is 0 Å². The Balaban J connectivity index is 1.97. The Morgan fingerprint density at radius 3 is 2.62 bits per heavy atom. The number of rotatable bonds is 5. The summed E-state index contributed by atoms with van der Waals surface area (Å²) in [4.78, 5) is 13.5. The van der Waals surface area contributed by atoms with Gasteiger partial charge < -0.3 is 14.7 Å². The lowest BCUT2D eigenvalue weighted by molar-refractivity contribution is -0.144. The van der Waals surface area contributed by atoms with Crippen LogP contribution in [0.5, 0.6) is 5.75 Å². The van der Waals surface area contributed by atoms with Crippen molar-refractivity contribution >= 4 is 5.97 Å². The summed E-state index contributed by atoms with van der Waals surface area (Å²) in [5.74, 6) is 0.808. The number of aliphatic carboxylic acids is 1. The molecule has 1 saturated heterocycles. The summed E-state index contributed by atoms with van der Waals surface area (Å²) in [6.45, 7) is 6.89. The average Bonchev–Trinajstić information content (AvgIpc) is 2.46. The molecule has 3 unspecified atom stereocenters. The predicted molar refractivity (Wildman–Crippen MR) is 82.8 cm³/mol. The summed E-state index contributed by atoms with van der Waals surface area (Å²) < 4.78 is 5.18. The molecule has 0 bridgehead atoms. The van der Waals surface area contributed by atoms with E-state index in [-0.39, 0.29) is 5.92 Å². The van der Waals surface area contributed by atoms with E-state index in [9.17, 15) is 9.90 Å². The molecule has 3 atom stereocenters. The van der Waals surface area contributed by atoms with Crippen molar-refractivity contribution < 1.29 is 14.6 Å². The summed E-state index contributed by atoms with van der Waals surface area (Å²) in [5, 5.41) is 9.24. The molecule has 4 heteroatoms. The maximum absolute atomic E-state index is 11.2. The molecule has 2 rings (SSSR count). The second kappa shape index (κ2) is 6.94. The SMILES string of the molecule is COc1ccc(C(C)CN2CC(C)CC(C(=O)O)C2)cc1. The number of piperidine rings is 1. The third kappa shape index (κ3) is 4.21. The molecule has 21 heavy (non-hydrogen) atoms. The highest BCUT2D eigenvalue weighted by Gasteiger charge is 2.30. The fraction of sp³-hybridized carbons (Fsp3) is 0.588. The van der Waals surface area contributed by atoms with E-state index in [4.69, 9.17) is 4.74 Å². The first-order valence-electron chi connectivity index (χ1n) is 7.58. The fourth-order valence-corrected chi connectivity index (χ4v) is 3.21. The zero-order chi connectivity index (χ0) is 15.4. The van der Waals surface area contributed by atoms with Gasteiger partial charge in [-0.2, -0.15) is 0 Å². The molecule has 1 fully saturated rings. The van der Waals surface area contributed by atoms with E-state index in [1.54, 1.807) is 7.11 Å². The molecule has 0 saturated carbocycles. The van der Waals surface area contributed by atoms with Crippen LogP contribution in [0.4, 0.5) is 0 Å². The van der Waals surface area contributed by atoms with E-state index in [1.807, 2.05) is 12.1 Å². The van der Waals surface area contributed by atoms with Gasteiger partial charge in [0.25, 0.3) is 0 Å². The van der Waals surface area contributed by atoms with Crippen molar-refractivity contribution in [1.29, 1.82) is 0 Å². The highest BCUT2D eigenvalue weighted by atomic mass is 16.5. The molecule has 116 valence electrons. The van der Waals surface area contributed by atoms with Crippen molar-refractivity contribution in [1.82, 2.24) is 4.90 Å². The lowest BCUT2D eigenvalue weighted by Gasteiger charge is -2.36. The van der Waals surface area contributed by atoms with Gasteiger partial charge in [0.05, 0.1) is 13.0 Å². The molecule has 1 aromatic carbocycles. The molecule has 1 aliphatic rings. The number of carbonyl (C=O) groups is 1. The standard InChI is InChI=1S/C17H25NO3/c1-12-8-15(17(19)20)11-18(9-12)10-13(2)14-4-6-16(21-3)7-5-14/h4-7,12-13,15H,8-11H2,1-3H3,(H,19,20). The lowest BCUT2D eigenvalue weighted by atomic mass is 9.89. The number of carboxylic acids is 1. The van der Waals surface area contributed by atoms with Crippen LogP contribution in [0, 0.1) is 11.8 Å². The van der Waals surface area contributed by atoms with Gasteiger partial charge in [-0.3, -0.25) is 4.79 Å². The first kappa shape index (κ1) is 15.8. The molecule has 1 aliphatic heterocycles. The average molecular weight is 291 g/mol. The minimum Gasteiger partial charge on any atom is -0.497 e. The van der Waals surface area contributed by atoms with Crippen molar-refractivity contribution in [2.75, 3.05) is 26.7 Å². The summed E-state index contributed by atoms with van der Waals surface area (Å²) in [5.41, 5.74) is 1.26. The van der Waals surface area contributed by atoms with Crippen molar-refractivity contribution in [3.63, 3.8) is 0 Å². The molecule has 1 heterocycles. The molecule has 0 spiro atoms. The van der Waals surface area contributed by atoms with Crippen LogP contribution in [0.15, 0.2) is 24.3 Å². The summed E-state index contributed by atoms with van der Waals surface area (Å²) in [6, 6.07) is 8.13. The van der Waals surface area contributed by atoms with Crippen LogP contribution in [0.25, 0.3) is 0 Å². The van der Waals surface area contributed by atoms with Crippen LogP contribution >= 0.6 is 0 Å². The molecule has 0 aliphatic carbocycles. The highest BCUT2D eigenvalue weighted by molar-refractivity contribution is 5.70. The van der Waals surface area contributed by atoms with Crippen molar-refractivity contribution in [3.05, 3.63) is 29.8 Å². The summed E-state index contributed by atoms with van der Waals surface area (Å²) in [7, 11) is 1.67. The number of carboxylic acid groups (broad SMARTS) is 1. The Hall–Kier alpha value is -1.55. The highest BCUT2D eigenvalue weighted by Crippen LogP contribution is 2.25. The van der Waals surface area contributed by atoms with Gasteiger partial charge >= 0.3 is 5.97 Å². The quantitative estimate of drug-likeness (QED) is 0.906. The molecular formula is C17H25NO3. The molecule has 1 N–H and O–H groups in total. The Morgan fingerprint density at radius 1 is 1.38 bits per heavy atom. The van der Waals surface area contributed by atoms with E-state index in [2.05, 4.69) is 30.9 Å². The maximum Gasteiger partial charge on any atom is 0.307 e. The minimum absolute atomic E-state index is 0.225. The number of ether oxygens (including phenoxy) is 1. The first-order valence-corrected chi connectivity index (χ1v) is 7.58. The molecule has 0 radical (unpaired) electrons. The largest absolute Gasteiger partial charge is 0.497 e. The maximum atomic E-state index is 11.2. The van der Waals surface area contributed by atoms with E-state index < -0.39 is 5.97 Å². The Labute approximate surface area is 126 Å². The van der Waals surface area contributed by atoms with Gasteiger partial charge in [0, 0.05) is 19.6 Å².